The van der Waals surface area contributed by atoms with Crippen molar-refractivity contribution < 1.29 is 18.0 Å². The lowest BCUT2D eigenvalue weighted by molar-refractivity contribution is 0.101. The first-order valence-electron chi connectivity index (χ1n) is 5.56. The molecule has 1 heterocycles. The first kappa shape index (κ1) is 13.9. The number of nitrogens with zero attached hydrogens (tertiary/aromatic N) is 2. The zero-order chi connectivity index (χ0) is 15.0. The Kier molecular flexibility index (Phi) is 3.39. The Labute approximate surface area is 112 Å². The van der Waals surface area contributed by atoms with Crippen molar-refractivity contribution in [1.82, 2.24) is 9.78 Å². The Morgan fingerprint density at radius 1 is 1.25 bits per heavy atom. The van der Waals surface area contributed by atoms with E-state index in [4.69, 9.17) is 5.73 Å². The second-order valence-corrected chi connectivity index (χ2v) is 4.17. The molecule has 0 fully saturated rings. The minimum atomic E-state index is -1.34. The van der Waals surface area contributed by atoms with Gasteiger partial charge in [-0.15, -0.1) is 0 Å². The molecule has 1 aromatic carbocycles. The number of carbonyl (C=O) groups excluding carboxylic acids is 1. The average Bonchev–Trinajstić information content (AvgIpc) is 2.60. The van der Waals surface area contributed by atoms with Crippen LogP contribution in [-0.4, -0.2) is 15.7 Å². The normalized spacial score (nSPS) is 10.7. The van der Waals surface area contributed by atoms with Crippen molar-refractivity contribution in [1.29, 1.82) is 0 Å². The fourth-order valence-electron chi connectivity index (χ4n) is 1.74. The van der Waals surface area contributed by atoms with Crippen LogP contribution in [0.4, 0.5) is 24.5 Å². The van der Waals surface area contributed by atoms with Crippen LogP contribution >= 0.6 is 0 Å². The Morgan fingerprint density at radius 2 is 1.85 bits per heavy atom. The molecule has 0 saturated carbocycles. The summed E-state index contributed by atoms with van der Waals surface area (Å²) in [5, 5.41) is 6.06. The maximum atomic E-state index is 13.4. The number of nitrogens with two attached hydrogens (primary N) is 1. The predicted octanol–water partition coefficient (Wildman–Crippen LogP) is 1.98. The lowest BCUT2D eigenvalue weighted by Crippen LogP contribution is -2.18. The molecule has 106 valence electrons. The van der Waals surface area contributed by atoms with Crippen LogP contribution in [0.15, 0.2) is 12.1 Å². The van der Waals surface area contributed by atoms with Gasteiger partial charge in [-0.1, -0.05) is 0 Å². The summed E-state index contributed by atoms with van der Waals surface area (Å²) in [6.45, 7) is 1.60. The highest BCUT2D eigenvalue weighted by Gasteiger charge is 2.20. The molecule has 0 unspecified atom stereocenters. The summed E-state index contributed by atoms with van der Waals surface area (Å²) in [7, 11) is 1.49. The van der Waals surface area contributed by atoms with Crippen LogP contribution in [0.5, 0.6) is 0 Å². The number of amides is 1. The summed E-state index contributed by atoms with van der Waals surface area (Å²) < 4.78 is 40.5. The van der Waals surface area contributed by atoms with Gasteiger partial charge in [-0.2, -0.15) is 5.10 Å². The van der Waals surface area contributed by atoms with Crippen molar-refractivity contribution >= 4 is 17.3 Å². The molecular weight excluding hydrogens is 273 g/mol. The van der Waals surface area contributed by atoms with Gasteiger partial charge in [0, 0.05) is 19.2 Å². The Balaban J connectivity index is 2.35. The van der Waals surface area contributed by atoms with Gasteiger partial charge in [0.1, 0.15) is 11.5 Å². The molecule has 20 heavy (non-hydrogen) atoms. The van der Waals surface area contributed by atoms with Gasteiger partial charge in [0.25, 0.3) is 5.91 Å². The summed E-state index contributed by atoms with van der Waals surface area (Å²) in [4.78, 5) is 12.0. The average molecular weight is 284 g/mol. The number of rotatable bonds is 2. The number of benzene rings is 1. The van der Waals surface area contributed by atoms with Crippen LogP contribution in [0.25, 0.3) is 0 Å². The van der Waals surface area contributed by atoms with Crippen molar-refractivity contribution in [2.45, 2.75) is 6.92 Å². The van der Waals surface area contributed by atoms with Gasteiger partial charge >= 0.3 is 0 Å². The molecule has 0 radical (unpaired) electrons. The quantitative estimate of drug-likeness (QED) is 0.828. The second kappa shape index (κ2) is 4.87. The summed E-state index contributed by atoms with van der Waals surface area (Å²) in [5.41, 5.74) is 5.77. The van der Waals surface area contributed by atoms with Crippen LogP contribution in [-0.2, 0) is 7.05 Å². The van der Waals surface area contributed by atoms with Gasteiger partial charge in [0.05, 0.1) is 17.1 Å². The maximum absolute atomic E-state index is 13.4. The summed E-state index contributed by atoms with van der Waals surface area (Å²) in [5.74, 6) is -4.46. The highest BCUT2D eigenvalue weighted by Crippen LogP contribution is 2.21. The van der Waals surface area contributed by atoms with Crippen molar-refractivity contribution in [3.05, 3.63) is 41.0 Å². The molecule has 0 aliphatic rings. The summed E-state index contributed by atoms with van der Waals surface area (Å²) in [6, 6.07) is 0.908. The third-order valence-corrected chi connectivity index (χ3v) is 2.74. The van der Waals surface area contributed by atoms with E-state index in [0.29, 0.717) is 17.8 Å². The first-order valence-corrected chi connectivity index (χ1v) is 5.56. The summed E-state index contributed by atoms with van der Waals surface area (Å²) >= 11 is 0. The molecule has 0 aliphatic heterocycles. The molecule has 1 aromatic heterocycles. The standard InChI is InChI=1S/C12H11F3N4O/c1-5-10(16)11(19(2)18-5)12(20)17-9-4-7(14)6(13)3-8(9)15/h3-4H,16H2,1-2H3,(H,17,20). The van der Waals surface area contributed by atoms with E-state index in [1.54, 1.807) is 6.92 Å². The number of hydrogen-bond donors (Lipinski definition) is 2. The maximum Gasteiger partial charge on any atom is 0.276 e. The van der Waals surface area contributed by atoms with Crippen molar-refractivity contribution in [3.8, 4) is 0 Å². The van der Waals surface area contributed by atoms with E-state index in [0.717, 1.165) is 0 Å². The van der Waals surface area contributed by atoms with E-state index < -0.39 is 29.0 Å². The number of anilines is 2. The molecule has 0 saturated heterocycles. The number of nitrogens with one attached hydrogen (secondary N) is 1. The number of carbonyl (C=O) groups is 1. The lowest BCUT2D eigenvalue weighted by Gasteiger charge is -2.08. The molecule has 2 aromatic rings. The molecule has 1 amide bonds. The Bertz CT molecular complexity index is 696. The molecule has 3 N–H and O–H groups in total. The zero-order valence-corrected chi connectivity index (χ0v) is 10.7. The molecule has 5 nitrogen and oxygen atoms in total. The van der Waals surface area contributed by atoms with Crippen LogP contribution in [0.1, 0.15) is 16.2 Å². The van der Waals surface area contributed by atoms with Crippen molar-refractivity contribution in [2.75, 3.05) is 11.1 Å². The molecule has 8 heteroatoms. The molecule has 0 aliphatic carbocycles. The minimum Gasteiger partial charge on any atom is -0.395 e. The van der Waals surface area contributed by atoms with Crippen LogP contribution < -0.4 is 11.1 Å². The van der Waals surface area contributed by atoms with Crippen LogP contribution in [0, 0.1) is 24.4 Å². The SMILES string of the molecule is Cc1nn(C)c(C(=O)Nc2cc(F)c(F)cc2F)c1N. The van der Waals surface area contributed by atoms with Gasteiger partial charge in [-0.3, -0.25) is 9.48 Å². The van der Waals surface area contributed by atoms with Gasteiger partial charge in [0.2, 0.25) is 0 Å². The van der Waals surface area contributed by atoms with Gasteiger partial charge in [-0.25, -0.2) is 13.2 Å². The fourth-order valence-corrected chi connectivity index (χ4v) is 1.74. The highest BCUT2D eigenvalue weighted by atomic mass is 19.2. The minimum absolute atomic E-state index is 0.00614. The lowest BCUT2D eigenvalue weighted by atomic mass is 10.2. The number of nitrogen functional groups attached to an aromatic ring is 1. The number of aromatic nitrogens is 2. The van der Waals surface area contributed by atoms with E-state index in [9.17, 15) is 18.0 Å². The number of hydrogen-bond acceptors (Lipinski definition) is 3. The van der Waals surface area contributed by atoms with E-state index in [1.165, 1.54) is 11.7 Å². The van der Waals surface area contributed by atoms with E-state index in [-0.39, 0.29) is 11.4 Å². The number of halogens is 3. The van der Waals surface area contributed by atoms with Crippen molar-refractivity contribution in [2.24, 2.45) is 7.05 Å². The fraction of sp³-hybridized carbons (Fsp3) is 0.167. The monoisotopic (exact) mass is 284 g/mol. The predicted molar refractivity (Wildman–Crippen MR) is 66.6 cm³/mol. The van der Waals surface area contributed by atoms with Crippen molar-refractivity contribution in [3.63, 3.8) is 0 Å². The molecule has 0 spiro atoms. The Hall–Kier alpha value is -2.51. The smallest absolute Gasteiger partial charge is 0.276 e. The van der Waals surface area contributed by atoms with Crippen LogP contribution in [0.3, 0.4) is 0 Å². The second-order valence-electron chi connectivity index (χ2n) is 4.17. The van der Waals surface area contributed by atoms with E-state index >= 15 is 0 Å². The molecule has 0 atom stereocenters. The van der Waals surface area contributed by atoms with Crippen LogP contribution in [0.2, 0.25) is 0 Å². The van der Waals surface area contributed by atoms with E-state index in [2.05, 4.69) is 10.4 Å². The first-order chi connectivity index (χ1) is 9.31. The number of aryl methyl sites for hydroxylation is 2. The third-order valence-electron chi connectivity index (χ3n) is 2.74. The molecule has 0 bridgehead atoms. The Morgan fingerprint density at radius 3 is 2.40 bits per heavy atom. The van der Waals surface area contributed by atoms with E-state index in [1.807, 2.05) is 0 Å². The zero-order valence-electron chi connectivity index (χ0n) is 10.7. The summed E-state index contributed by atoms with van der Waals surface area (Å²) in [6.07, 6.45) is 0. The molecular formula is C12H11F3N4O. The molecule has 2 rings (SSSR count). The van der Waals surface area contributed by atoms with Gasteiger partial charge in [-0.05, 0) is 6.92 Å². The largest absolute Gasteiger partial charge is 0.395 e. The topological polar surface area (TPSA) is 72.9 Å². The third kappa shape index (κ3) is 2.31. The van der Waals surface area contributed by atoms with Gasteiger partial charge < -0.3 is 11.1 Å². The highest BCUT2D eigenvalue weighted by molar-refractivity contribution is 6.06. The van der Waals surface area contributed by atoms with Gasteiger partial charge in [0.15, 0.2) is 11.6 Å².